The smallest absolute Gasteiger partial charge is 0.340 e. The Morgan fingerprint density at radius 2 is 2.10 bits per heavy atom. The van der Waals surface area contributed by atoms with Crippen LogP contribution in [0.15, 0.2) is 40.9 Å². The molecule has 0 amide bonds. The predicted octanol–water partition coefficient (Wildman–Crippen LogP) is 4.64. The number of hydrogen-bond donors (Lipinski definition) is 1. The van der Waals surface area contributed by atoms with Crippen LogP contribution in [0.3, 0.4) is 0 Å². The van der Waals surface area contributed by atoms with Gasteiger partial charge in [-0.05, 0) is 35.9 Å². The first-order valence-electron chi connectivity index (χ1n) is 6.07. The van der Waals surface area contributed by atoms with Gasteiger partial charge in [-0.1, -0.05) is 33.6 Å². The summed E-state index contributed by atoms with van der Waals surface area (Å²) in [5, 5.41) is 3.57. The molecule has 0 fully saturated rings. The Hall–Kier alpha value is -1.59. The Bertz CT molecular complexity index is 679. The lowest BCUT2D eigenvalue weighted by Gasteiger charge is -2.12. The minimum Gasteiger partial charge on any atom is -0.465 e. The molecule has 3 nitrogen and oxygen atoms in total. The van der Waals surface area contributed by atoms with Gasteiger partial charge in [0.1, 0.15) is 5.82 Å². The van der Waals surface area contributed by atoms with Crippen LogP contribution in [-0.2, 0) is 11.3 Å². The van der Waals surface area contributed by atoms with Crippen molar-refractivity contribution in [3.8, 4) is 0 Å². The number of anilines is 1. The average molecular weight is 373 g/mol. The van der Waals surface area contributed by atoms with Crippen LogP contribution in [0.25, 0.3) is 0 Å². The molecule has 0 spiro atoms. The first-order valence-corrected chi connectivity index (χ1v) is 7.24. The van der Waals surface area contributed by atoms with Crippen LogP contribution in [-0.4, -0.2) is 13.1 Å². The van der Waals surface area contributed by atoms with Gasteiger partial charge in [-0.3, -0.25) is 0 Å². The molecule has 0 atom stereocenters. The fourth-order valence-corrected chi connectivity index (χ4v) is 2.47. The van der Waals surface area contributed by atoms with Crippen LogP contribution in [0.1, 0.15) is 15.9 Å². The molecule has 21 heavy (non-hydrogen) atoms. The molecule has 0 aliphatic heterocycles. The molecule has 2 rings (SSSR count). The zero-order valence-electron chi connectivity index (χ0n) is 11.1. The van der Waals surface area contributed by atoms with E-state index in [1.807, 2.05) is 0 Å². The summed E-state index contributed by atoms with van der Waals surface area (Å²) >= 11 is 9.19. The topological polar surface area (TPSA) is 38.3 Å². The zero-order chi connectivity index (χ0) is 15.4. The van der Waals surface area contributed by atoms with Gasteiger partial charge in [0.05, 0.1) is 12.7 Å². The van der Waals surface area contributed by atoms with Crippen molar-refractivity contribution in [1.82, 2.24) is 0 Å². The van der Waals surface area contributed by atoms with E-state index in [0.29, 0.717) is 27.3 Å². The molecule has 0 aliphatic carbocycles. The summed E-state index contributed by atoms with van der Waals surface area (Å²) in [6.07, 6.45) is 0. The second-order valence-corrected chi connectivity index (χ2v) is 5.56. The molecule has 0 saturated heterocycles. The fraction of sp³-hybridized carbons (Fsp3) is 0.133. The summed E-state index contributed by atoms with van der Waals surface area (Å²) in [5.41, 5.74) is 1.81. The number of halogens is 3. The van der Waals surface area contributed by atoms with E-state index >= 15 is 0 Å². The summed E-state index contributed by atoms with van der Waals surface area (Å²) in [7, 11) is 1.31. The third kappa shape index (κ3) is 3.95. The molecule has 0 radical (unpaired) electrons. The lowest BCUT2D eigenvalue weighted by Crippen LogP contribution is -2.08. The van der Waals surface area contributed by atoms with Crippen molar-refractivity contribution >= 4 is 39.2 Å². The molecule has 2 aromatic rings. The van der Waals surface area contributed by atoms with E-state index in [-0.39, 0.29) is 5.82 Å². The minimum atomic E-state index is -0.474. The number of nitrogens with one attached hydrogen (secondary N) is 1. The Kier molecular flexibility index (Phi) is 5.20. The molecule has 6 heteroatoms. The van der Waals surface area contributed by atoms with Crippen LogP contribution in [0.2, 0.25) is 5.02 Å². The van der Waals surface area contributed by atoms with E-state index in [0.717, 1.165) is 5.56 Å². The van der Waals surface area contributed by atoms with Gasteiger partial charge in [0, 0.05) is 21.7 Å². The normalized spacial score (nSPS) is 10.3. The highest BCUT2D eigenvalue weighted by Gasteiger charge is 2.12. The van der Waals surface area contributed by atoms with E-state index < -0.39 is 5.97 Å². The molecular formula is C15H12BrClFNO2. The molecular weight excluding hydrogens is 361 g/mol. The van der Waals surface area contributed by atoms with Gasteiger partial charge in [0.25, 0.3) is 0 Å². The van der Waals surface area contributed by atoms with Crippen molar-refractivity contribution in [2.24, 2.45) is 0 Å². The average Bonchev–Trinajstić information content (AvgIpc) is 2.46. The SMILES string of the molecule is COC(=O)c1cc(Cl)ccc1NCc1ccc(F)cc1Br. The number of carbonyl (C=O) groups excluding carboxylic acids is 1. The fourth-order valence-electron chi connectivity index (χ4n) is 1.80. The lowest BCUT2D eigenvalue weighted by molar-refractivity contribution is 0.0602. The van der Waals surface area contributed by atoms with E-state index in [9.17, 15) is 9.18 Å². The third-order valence-corrected chi connectivity index (χ3v) is 3.84. The van der Waals surface area contributed by atoms with Gasteiger partial charge in [-0.15, -0.1) is 0 Å². The number of rotatable bonds is 4. The van der Waals surface area contributed by atoms with Crippen LogP contribution in [0.4, 0.5) is 10.1 Å². The van der Waals surface area contributed by atoms with Crippen LogP contribution < -0.4 is 5.32 Å². The maximum absolute atomic E-state index is 13.0. The van der Waals surface area contributed by atoms with E-state index in [1.165, 1.54) is 25.3 Å². The summed E-state index contributed by atoms with van der Waals surface area (Å²) in [4.78, 5) is 11.7. The second kappa shape index (κ2) is 6.91. The van der Waals surface area contributed by atoms with E-state index in [4.69, 9.17) is 16.3 Å². The Morgan fingerprint density at radius 1 is 1.33 bits per heavy atom. The molecule has 0 saturated carbocycles. The highest BCUT2D eigenvalue weighted by Crippen LogP contribution is 2.24. The van der Waals surface area contributed by atoms with Gasteiger partial charge in [-0.25, -0.2) is 9.18 Å². The monoisotopic (exact) mass is 371 g/mol. The number of ether oxygens (including phenoxy) is 1. The predicted molar refractivity (Wildman–Crippen MR) is 84.2 cm³/mol. The molecule has 0 bridgehead atoms. The van der Waals surface area contributed by atoms with Gasteiger partial charge in [-0.2, -0.15) is 0 Å². The maximum atomic E-state index is 13.0. The van der Waals surface area contributed by atoms with E-state index in [1.54, 1.807) is 18.2 Å². The molecule has 0 aromatic heterocycles. The number of esters is 1. The van der Waals surface area contributed by atoms with Crippen LogP contribution in [0, 0.1) is 5.82 Å². The minimum absolute atomic E-state index is 0.313. The van der Waals surface area contributed by atoms with Crippen molar-refractivity contribution in [3.63, 3.8) is 0 Å². The second-order valence-electron chi connectivity index (χ2n) is 4.27. The summed E-state index contributed by atoms with van der Waals surface area (Å²) in [6, 6.07) is 9.35. The Balaban J connectivity index is 2.21. The Morgan fingerprint density at radius 3 is 2.76 bits per heavy atom. The van der Waals surface area contributed by atoms with Gasteiger partial charge in [0.15, 0.2) is 0 Å². The van der Waals surface area contributed by atoms with Crippen molar-refractivity contribution < 1.29 is 13.9 Å². The summed E-state index contributed by atoms with van der Waals surface area (Å²) in [6.45, 7) is 0.423. The Labute approximate surface area is 135 Å². The molecule has 1 N–H and O–H groups in total. The molecule has 2 aromatic carbocycles. The number of carbonyl (C=O) groups is 1. The zero-order valence-corrected chi connectivity index (χ0v) is 13.5. The first-order chi connectivity index (χ1) is 10.0. The highest BCUT2D eigenvalue weighted by molar-refractivity contribution is 9.10. The van der Waals surface area contributed by atoms with Gasteiger partial charge >= 0.3 is 5.97 Å². The molecule has 0 aliphatic rings. The molecule has 110 valence electrons. The standard InChI is InChI=1S/C15H12BrClFNO2/c1-21-15(20)12-6-10(17)3-5-14(12)19-8-9-2-4-11(18)7-13(9)16/h2-7,19H,8H2,1H3. The quantitative estimate of drug-likeness (QED) is 0.795. The van der Waals surface area contributed by atoms with Crippen molar-refractivity contribution in [1.29, 1.82) is 0 Å². The van der Waals surface area contributed by atoms with Crippen molar-refractivity contribution in [2.45, 2.75) is 6.54 Å². The molecule has 0 heterocycles. The molecule has 0 unspecified atom stereocenters. The van der Waals surface area contributed by atoms with Crippen molar-refractivity contribution in [3.05, 3.63) is 62.8 Å². The summed E-state index contributed by atoms with van der Waals surface area (Å²) < 4.78 is 18.4. The lowest BCUT2D eigenvalue weighted by atomic mass is 10.1. The largest absolute Gasteiger partial charge is 0.465 e. The van der Waals surface area contributed by atoms with Crippen LogP contribution in [0.5, 0.6) is 0 Å². The number of benzene rings is 2. The van der Waals surface area contributed by atoms with Gasteiger partial charge in [0.2, 0.25) is 0 Å². The summed E-state index contributed by atoms with van der Waals surface area (Å²) in [5.74, 6) is -0.787. The van der Waals surface area contributed by atoms with Crippen LogP contribution >= 0.6 is 27.5 Å². The number of hydrogen-bond acceptors (Lipinski definition) is 3. The third-order valence-electron chi connectivity index (χ3n) is 2.87. The highest BCUT2D eigenvalue weighted by atomic mass is 79.9. The van der Waals surface area contributed by atoms with E-state index in [2.05, 4.69) is 21.2 Å². The van der Waals surface area contributed by atoms with Crippen molar-refractivity contribution in [2.75, 3.05) is 12.4 Å². The number of methoxy groups -OCH3 is 1. The van der Waals surface area contributed by atoms with Gasteiger partial charge < -0.3 is 10.1 Å². The maximum Gasteiger partial charge on any atom is 0.340 e. The first kappa shape index (κ1) is 15.8.